The smallest absolute Gasteiger partial charge is 0.164 e. The predicted molar refractivity (Wildman–Crippen MR) is 249 cm³/mol. The molecule has 0 amide bonds. The fourth-order valence-corrected chi connectivity index (χ4v) is 9.47. The molecule has 0 saturated heterocycles. The van der Waals surface area contributed by atoms with Crippen LogP contribution >= 0.6 is 0 Å². The predicted octanol–water partition coefficient (Wildman–Crippen LogP) is 14.4. The average molecular weight is 766 g/mol. The number of nitrogens with zero attached hydrogens (tertiary/aromatic N) is 3. The van der Waals surface area contributed by atoms with Crippen molar-refractivity contribution in [2.24, 2.45) is 5.41 Å². The Kier molecular flexibility index (Phi) is 7.80. The van der Waals surface area contributed by atoms with Gasteiger partial charge in [-0.25, -0.2) is 15.0 Å². The maximum absolute atomic E-state index is 5.37. The zero-order chi connectivity index (χ0) is 39.8. The molecule has 0 spiro atoms. The molecule has 0 saturated carbocycles. The van der Waals surface area contributed by atoms with Crippen molar-refractivity contribution in [1.82, 2.24) is 15.0 Å². The van der Waals surface area contributed by atoms with Crippen LogP contribution in [0.4, 0.5) is 0 Å². The summed E-state index contributed by atoms with van der Waals surface area (Å²) in [6.45, 7) is 2.32. The molecular weight excluding hydrogens is 727 g/mol. The highest BCUT2D eigenvalue weighted by atomic mass is 15.0. The summed E-state index contributed by atoms with van der Waals surface area (Å²) in [6.07, 6.45) is 15.4. The second-order valence-corrected chi connectivity index (χ2v) is 16.7. The Morgan fingerprint density at radius 1 is 0.450 bits per heavy atom. The third-order valence-electron chi connectivity index (χ3n) is 12.9. The molecule has 3 aliphatic carbocycles. The SMILES string of the molecule is CC12C=CC=CC1=CC(c1ccc(-c3cc(-c4nc(-c5ccc6ccccc6c5)nc(-c5ccc6ccccc6c5)n4)c4c(c3)-c3cc5ccccc5cc3C4)cc1)=CC2. The Labute approximate surface area is 349 Å². The first-order valence-electron chi connectivity index (χ1n) is 20.8. The van der Waals surface area contributed by atoms with Crippen molar-refractivity contribution >= 4 is 37.9 Å². The van der Waals surface area contributed by atoms with Crippen molar-refractivity contribution in [3.8, 4) is 56.4 Å². The minimum Gasteiger partial charge on any atom is -0.208 e. The molecule has 1 atom stereocenters. The highest BCUT2D eigenvalue weighted by Crippen LogP contribution is 2.46. The van der Waals surface area contributed by atoms with Gasteiger partial charge in [0, 0.05) is 22.1 Å². The van der Waals surface area contributed by atoms with E-state index in [1.165, 1.54) is 60.5 Å². The molecule has 0 radical (unpaired) electrons. The molecule has 0 bridgehead atoms. The molecule has 1 aromatic heterocycles. The van der Waals surface area contributed by atoms with Crippen LogP contribution in [0.2, 0.25) is 0 Å². The van der Waals surface area contributed by atoms with Crippen LogP contribution in [0.3, 0.4) is 0 Å². The van der Waals surface area contributed by atoms with Crippen molar-refractivity contribution in [1.29, 1.82) is 0 Å². The Balaban J connectivity index is 1.04. The molecule has 3 heteroatoms. The van der Waals surface area contributed by atoms with E-state index >= 15 is 0 Å². The summed E-state index contributed by atoms with van der Waals surface area (Å²) < 4.78 is 0. The number of rotatable bonds is 5. The largest absolute Gasteiger partial charge is 0.208 e. The molecule has 0 N–H and O–H groups in total. The van der Waals surface area contributed by atoms with Crippen LogP contribution in [0.15, 0.2) is 200 Å². The minimum absolute atomic E-state index is 0.0674. The van der Waals surface area contributed by atoms with Gasteiger partial charge < -0.3 is 0 Å². The van der Waals surface area contributed by atoms with Gasteiger partial charge in [0.15, 0.2) is 17.5 Å². The molecule has 9 aromatic rings. The molecule has 3 aliphatic rings. The first-order chi connectivity index (χ1) is 29.5. The van der Waals surface area contributed by atoms with Crippen molar-refractivity contribution in [3.63, 3.8) is 0 Å². The summed E-state index contributed by atoms with van der Waals surface area (Å²) in [7, 11) is 0. The summed E-state index contributed by atoms with van der Waals surface area (Å²) in [4.78, 5) is 15.9. The van der Waals surface area contributed by atoms with Crippen molar-refractivity contribution < 1.29 is 0 Å². The van der Waals surface area contributed by atoms with Gasteiger partial charge in [-0.05, 0) is 126 Å². The molecule has 0 aliphatic heterocycles. The van der Waals surface area contributed by atoms with Crippen LogP contribution in [0.1, 0.15) is 30.0 Å². The van der Waals surface area contributed by atoms with Gasteiger partial charge in [-0.2, -0.15) is 0 Å². The fourth-order valence-electron chi connectivity index (χ4n) is 9.47. The third kappa shape index (κ3) is 5.85. The van der Waals surface area contributed by atoms with E-state index < -0.39 is 0 Å². The van der Waals surface area contributed by atoms with Gasteiger partial charge in [0.05, 0.1) is 0 Å². The molecule has 8 aromatic carbocycles. The Morgan fingerprint density at radius 3 is 1.67 bits per heavy atom. The van der Waals surface area contributed by atoms with Gasteiger partial charge in [0.1, 0.15) is 0 Å². The quantitative estimate of drug-likeness (QED) is 0.175. The van der Waals surface area contributed by atoms with Gasteiger partial charge >= 0.3 is 0 Å². The summed E-state index contributed by atoms with van der Waals surface area (Å²) in [6, 6.07) is 57.1. The van der Waals surface area contributed by atoms with Crippen molar-refractivity contribution in [2.75, 3.05) is 0 Å². The zero-order valence-electron chi connectivity index (χ0n) is 33.2. The number of fused-ring (bicyclic) bond motifs is 7. The van der Waals surface area contributed by atoms with E-state index in [0.29, 0.717) is 17.5 Å². The summed E-state index contributed by atoms with van der Waals surface area (Å²) >= 11 is 0. The molecule has 60 heavy (non-hydrogen) atoms. The number of allylic oxidation sites excluding steroid dienone is 8. The van der Waals surface area contributed by atoms with Crippen LogP contribution < -0.4 is 0 Å². The Morgan fingerprint density at radius 2 is 1.00 bits per heavy atom. The van der Waals surface area contributed by atoms with Gasteiger partial charge in [-0.3, -0.25) is 0 Å². The normalized spacial score (nSPS) is 16.4. The van der Waals surface area contributed by atoms with E-state index in [4.69, 9.17) is 15.0 Å². The maximum atomic E-state index is 5.37. The van der Waals surface area contributed by atoms with Crippen LogP contribution in [0.5, 0.6) is 0 Å². The molecular formula is C57H39N3. The Bertz CT molecular complexity index is 3280. The molecule has 0 fully saturated rings. The topological polar surface area (TPSA) is 38.7 Å². The maximum Gasteiger partial charge on any atom is 0.164 e. The summed E-state index contributed by atoms with van der Waals surface area (Å²) in [5.74, 6) is 2.00. The van der Waals surface area contributed by atoms with Gasteiger partial charge in [0.25, 0.3) is 0 Å². The van der Waals surface area contributed by atoms with E-state index in [0.717, 1.165) is 51.4 Å². The number of aromatic nitrogens is 3. The zero-order valence-corrected chi connectivity index (χ0v) is 33.2. The van der Waals surface area contributed by atoms with Crippen LogP contribution in [-0.4, -0.2) is 15.0 Å². The highest BCUT2D eigenvalue weighted by Gasteiger charge is 2.29. The lowest BCUT2D eigenvalue weighted by atomic mass is 9.72. The molecule has 1 heterocycles. The fraction of sp³-hybridized carbons (Fsp3) is 0.0702. The van der Waals surface area contributed by atoms with E-state index in [-0.39, 0.29) is 5.41 Å². The first-order valence-corrected chi connectivity index (χ1v) is 20.8. The number of hydrogen-bond acceptors (Lipinski definition) is 3. The number of hydrogen-bond donors (Lipinski definition) is 0. The monoisotopic (exact) mass is 765 g/mol. The Hall–Kier alpha value is -7.49. The molecule has 282 valence electrons. The third-order valence-corrected chi connectivity index (χ3v) is 12.9. The first kappa shape index (κ1) is 34.5. The van der Waals surface area contributed by atoms with Crippen LogP contribution in [-0.2, 0) is 6.42 Å². The second-order valence-electron chi connectivity index (χ2n) is 16.7. The average Bonchev–Trinajstić information content (AvgIpc) is 3.66. The standard InChI is InChI=1S/C57H39N3/c1-57-26-9-8-16-49(57)31-44(25-27-57)38-17-19-39(20-18-38)47-33-51-50-32-43-15-7-6-14-42(43)30-48(50)35-52(51)53(34-47)56-59-54(45-23-21-36-10-2-4-12-40(36)28-45)58-55(60-56)46-24-22-37-11-3-5-13-41(37)29-46/h2-26,28-34H,27,35H2,1H3. The van der Waals surface area contributed by atoms with Crippen LogP contribution in [0.25, 0.3) is 94.3 Å². The summed E-state index contributed by atoms with van der Waals surface area (Å²) in [5.41, 5.74) is 14.3. The molecule has 1 unspecified atom stereocenters. The highest BCUT2D eigenvalue weighted by molar-refractivity contribution is 5.96. The van der Waals surface area contributed by atoms with Crippen LogP contribution in [0, 0.1) is 5.41 Å². The van der Waals surface area contributed by atoms with Gasteiger partial charge in [-0.15, -0.1) is 0 Å². The van der Waals surface area contributed by atoms with E-state index in [9.17, 15) is 0 Å². The summed E-state index contributed by atoms with van der Waals surface area (Å²) in [5, 5.41) is 7.17. The lowest BCUT2D eigenvalue weighted by Gasteiger charge is -2.32. The van der Waals surface area contributed by atoms with Crippen molar-refractivity contribution in [3.05, 3.63) is 216 Å². The molecule has 12 rings (SSSR count). The van der Waals surface area contributed by atoms with E-state index in [1.807, 2.05) is 0 Å². The molecule has 3 nitrogen and oxygen atoms in total. The van der Waals surface area contributed by atoms with Gasteiger partial charge in [0.2, 0.25) is 0 Å². The lowest BCUT2D eigenvalue weighted by molar-refractivity contribution is 0.528. The minimum atomic E-state index is 0.0674. The van der Waals surface area contributed by atoms with E-state index in [1.54, 1.807) is 0 Å². The van der Waals surface area contributed by atoms with E-state index in [2.05, 4.69) is 201 Å². The van der Waals surface area contributed by atoms with Crippen molar-refractivity contribution in [2.45, 2.75) is 19.8 Å². The number of benzene rings is 8. The lowest BCUT2D eigenvalue weighted by Crippen LogP contribution is -2.18. The van der Waals surface area contributed by atoms with Gasteiger partial charge in [-0.1, -0.05) is 171 Å². The second kappa shape index (κ2) is 13.5.